The van der Waals surface area contributed by atoms with E-state index in [0.29, 0.717) is 6.04 Å². The molecule has 0 saturated carbocycles. The fourth-order valence-corrected chi connectivity index (χ4v) is 3.47. The molecule has 0 spiro atoms. The average Bonchev–Trinajstić information content (AvgIpc) is 2.37. The molecule has 1 N–H and O–H groups in total. The first-order valence-electron chi connectivity index (χ1n) is 7.66. The summed E-state index contributed by atoms with van der Waals surface area (Å²) in [7, 11) is 0. The Morgan fingerprint density at radius 1 is 1.32 bits per heavy atom. The fraction of sp³-hybridized carbons (Fsp3) is 0.647. The van der Waals surface area contributed by atoms with E-state index in [4.69, 9.17) is 0 Å². The van der Waals surface area contributed by atoms with Gasteiger partial charge in [0.15, 0.2) is 0 Å². The van der Waals surface area contributed by atoms with Gasteiger partial charge in [-0.2, -0.15) is 0 Å². The molecule has 3 rings (SSSR count). The van der Waals surface area contributed by atoms with Gasteiger partial charge in [-0.05, 0) is 37.8 Å². The highest BCUT2D eigenvalue weighted by atomic mass is 15.3. The van der Waals surface area contributed by atoms with Crippen LogP contribution in [-0.4, -0.2) is 36.1 Å². The van der Waals surface area contributed by atoms with Gasteiger partial charge in [0, 0.05) is 37.1 Å². The molecule has 1 aromatic rings. The summed E-state index contributed by atoms with van der Waals surface area (Å²) in [5.74, 6) is 0.756. The second-order valence-electron chi connectivity index (χ2n) is 6.80. The van der Waals surface area contributed by atoms with Crippen molar-refractivity contribution < 1.29 is 0 Å². The Bertz CT molecular complexity index is 452. The summed E-state index contributed by atoms with van der Waals surface area (Å²) >= 11 is 0. The first kappa shape index (κ1) is 13.1. The van der Waals surface area contributed by atoms with E-state index in [9.17, 15) is 0 Å². The summed E-state index contributed by atoms with van der Waals surface area (Å²) in [6.07, 6.45) is 2.50. The molecule has 1 heterocycles. The minimum Gasteiger partial charge on any atom is -0.311 e. The lowest BCUT2D eigenvalue weighted by Gasteiger charge is -2.48. The van der Waals surface area contributed by atoms with Crippen LogP contribution in [0.5, 0.6) is 0 Å². The van der Waals surface area contributed by atoms with Crippen LogP contribution in [0.25, 0.3) is 0 Å². The summed E-state index contributed by atoms with van der Waals surface area (Å²) in [5, 5.41) is 3.68. The molecule has 2 heteroatoms. The van der Waals surface area contributed by atoms with Gasteiger partial charge in [-0.1, -0.05) is 31.2 Å². The zero-order chi connectivity index (χ0) is 13.5. The van der Waals surface area contributed by atoms with E-state index in [0.717, 1.165) is 12.5 Å². The maximum atomic E-state index is 3.68. The molecule has 19 heavy (non-hydrogen) atoms. The van der Waals surface area contributed by atoms with Gasteiger partial charge in [-0.25, -0.2) is 0 Å². The highest BCUT2D eigenvalue weighted by molar-refractivity contribution is 5.40. The molecular weight excluding hydrogens is 232 g/mol. The van der Waals surface area contributed by atoms with Gasteiger partial charge in [0.2, 0.25) is 0 Å². The highest BCUT2D eigenvalue weighted by Gasteiger charge is 2.36. The molecule has 0 bridgehead atoms. The van der Waals surface area contributed by atoms with Crippen LogP contribution in [0.4, 0.5) is 0 Å². The number of piperazine rings is 1. The van der Waals surface area contributed by atoms with Crippen molar-refractivity contribution in [3.63, 3.8) is 0 Å². The molecular formula is C17H26N2. The molecule has 0 amide bonds. The van der Waals surface area contributed by atoms with Crippen molar-refractivity contribution in [2.45, 2.75) is 51.1 Å². The number of nitrogens with one attached hydrogen (secondary N) is 1. The second kappa shape index (κ2) is 4.92. The maximum absolute atomic E-state index is 3.68. The van der Waals surface area contributed by atoms with E-state index in [1.165, 1.54) is 25.9 Å². The van der Waals surface area contributed by atoms with Crippen molar-refractivity contribution in [2.24, 2.45) is 0 Å². The minimum atomic E-state index is 0.288. The number of hydrogen-bond acceptors (Lipinski definition) is 2. The summed E-state index contributed by atoms with van der Waals surface area (Å²) in [6.45, 7) is 10.6. The van der Waals surface area contributed by atoms with Crippen molar-refractivity contribution in [3.8, 4) is 0 Å². The number of rotatable bonds is 3. The van der Waals surface area contributed by atoms with Gasteiger partial charge in [0.05, 0.1) is 0 Å². The van der Waals surface area contributed by atoms with E-state index in [1.54, 1.807) is 11.1 Å². The number of nitrogens with zero attached hydrogens (tertiary/aromatic N) is 1. The Hall–Kier alpha value is -0.860. The van der Waals surface area contributed by atoms with Crippen molar-refractivity contribution in [1.29, 1.82) is 0 Å². The van der Waals surface area contributed by atoms with Crippen LogP contribution >= 0.6 is 0 Å². The van der Waals surface area contributed by atoms with Crippen LogP contribution in [-0.2, 0) is 6.42 Å². The quantitative estimate of drug-likeness (QED) is 0.897. The number of fused-ring (bicyclic) bond motifs is 1. The van der Waals surface area contributed by atoms with Crippen molar-refractivity contribution >= 4 is 0 Å². The molecule has 0 aromatic heterocycles. The van der Waals surface area contributed by atoms with E-state index in [1.807, 2.05) is 0 Å². The second-order valence-corrected chi connectivity index (χ2v) is 6.80. The number of hydrogen-bond donors (Lipinski definition) is 1. The van der Waals surface area contributed by atoms with E-state index < -0.39 is 0 Å². The predicted molar refractivity (Wildman–Crippen MR) is 80.6 cm³/mol. The predicted octanol–water partition coefficient (Wildman–Crippen LogP) is 2.79. The third-order valence-corrected chi connectivity index (χ3v) is 5.01. The Morgan fingerprint density at radius 2 is 2.11 bits per heavy atom. The number of benzene rings is 1. The molecule has 2 aliphatic rings. The van der Waals surface area contributed by atoms with Gasteiger partial charge in [-0.3, -0.25) is 4.90 Å². The smallest absolute Gasteiger partial charge is 0.0278 e. The van der Waals surface area contributed by atoms with Gasteiger partial charge < -0.3 is 5.32 Å². The Balaban J connectivity index is 1.69. The average molecular weight is 258 g/mol. The van der Waals surface area contributed by atoms with Gasteiger partial charge >= 0.3 is 0 Å². The lowest BCUT2D eigenvalue weighted by molar-refractivity contribution is 0.0566. The van der Waals surface area contributed by atoms with Crippen LogP contribution < -0.4 is 5.32 Å². The molecule has 1 aromatic carbocycles. The van der Waals surface area contributed by atoms with Crippen molar-refractivity contribution in [1.82, 2.24) is 10.2 Å². The Kier molecular flexibility index (Phi) is 3.40. The Morgan fingerprint density at radius 3 is 2.84 bits per heavy atom. The van der Waals surface area contributed by atoms with E-state index in [2.05, 4.69) is 55.3 Å². The van der Waals surface area contributed by atoms with Crippen LogP contribution in [0, 0.1) is 0 Å². The van der Waals surface area contributed by atoms with E-state index >= 15 is 0 Å². The summed E-state index contributed by atoms with van der Waals surface area (Å²) in [6, 6.07) is 9.61. The fourth-order valence-electron chi connectivity index (χ4n) is 3.47. The van der Waals surface area contributed by atoms with E-state index in [-0.39, 0.29) is 5.54 Å². The standard InChI is InChI=1S/C17H26N2/c1-4-15-11-19(17(2,3)12-18-15)10-14-9-13-7-5-6-8-16(13)14/h5-8,14-15,18H,4,9-12H2,1-3H3. The molecule has 104 valence electrons. The third kappa shape index (κ3) is 2.44. The zero-order valence-electron chi connectivity index (χ0n) is 12.4. The lowest BCUT2D eigenvalue weighted by atomic mass is 9.76. The molecule has 2 unspecified atom stereocenters. The SMILES string of the molecule is CCC1CN(CC2Cc3ccccc32)C(C)(C)CN1. The summed E-state index contributed by atoms with van der Waals surface area (Å²) in [5.41, 5.74) is 3.44. The van der Waals surface area contributed by atoms with Crippen molar-refractivity contribution in [3.05, 3.63) is 35.4 Å². The molecule has 0 radical (unpaired) electrons. The Labute approximate surface area is 117 Å². The maximum Gasteiger partial charge on any atom is 0.0278 e. The minimum absolute atomic E-state index is 0.288. The monoisotopic (exact) mass is 258 g/mol. The van der Waals surface area contributed by atoms with Crippen LogP contribution in [0.2, 0.25) is 0 Å². The third-order valence-electron chi connectivity index (χ3n) is 5.01. The molecule has 2 atom stereocenters. The topological polar surface area (TPSA) is 15.3 Å². The van der Waals surface area contributed by atoms with Crippen LogP contribution in [0.15, 0.2) is 24.3 Å². The summed E-state index contributed by atoms with van der Waals surface area (Å²) in [4.78, 5) is 2.71. The largest absolute Gasteiger partial charge is 0.311 e. The van der Waals surface area contributed by atoms with Crippen LogP contribution in [0.3, 0.4) is 0 Å². The first-order chi connectivity index (χ1) is 9.10. The highest BCUT2D eigenvalue weighted by Crippen LogP contribution is 2.37. The molecule has 1 saturated heterocycles. The van der Waals surface area contributed by atoms with Crippen molar-refractivity contribution in [2.75, 3.05) is 19.6 Å². The molecule has 1 aliphatic carbocycles. The normalized spacial score (nSPS) is 29.6. The summed E-state index contributed by atoms with van der Waals surface area (Å²) < 4.78 is 0. The molecule has 2 nitrogen and oxygen atoms in total. The zero-order valence-corrected chi connectivity index (χ0v) is 12.4. The first-order valence-corrected chi connectivity index (χ1v) is 7.66. The molecule has 1 fully saturated rings. The van der Waals surface area contributed by atoms with Gasteiger partial charge in [-0.15, -0.1) is 0 Å². The molecule has 1 aliphatic heterocycles. The lowest BCUT2D eigenvalue weighted by Crippen LogP contribution is -2.62. The van der Waals surface area contributed by atoms with Gasteiger partial charge in [0.1, 0.15) is 0 Å². The van der Waals surface area contributed by atoms with Crippen LogP contribution in [0.1, 0.15) is 44.2 Å². The van der Waals surface area contributed by atoms with Gasteiger partial charge in [0.25, 0.3) is 0 Å².